The van der Waals surface area contributed by atoms with Crippen LogP contribution in [0.15, 0.2) is 60.8 Å². The lowest BCUT2D eigenvalue weighted by atomic mass is 9.84. The van der Waals surface area contributed by atoms with Gasteiger partial charge < -0.3 is 9.47 Å². The van der Waals surface area contributed by atoms with Crippen LogP contribution in [0.25, 0.3) is 10.9 Å². The van der Waals surface area contributed by atoms with E-state index < -0.39 is 0 Å². The van der Waals surface area contributed by atoms with Crippen LogP contribution in [-0.4, -0.2) is 22.8 Å². The molecule has 0 bridgehead atoms. The maximum absolute atomic E-state index is 13.2. The minimum absolute atomic E-state index is 0.0242. The van der Waals surface area contributed by atoms with Gasteiger partial charge in [0.05, 0.1) is 0 Å². The Morgan fingerprint density at radius 1 is 0.966 bits per heavy atom. The van der Waals surface area contributed by atoms with Crippen molar-refractivity contribution in [1.82, 2.24) is 4.57 Å². The third-order valence-electron chi connectivity index (χ3n) is 6.02. The summed E-state index contributed by atoms with van der Waals surface area (Å²) in [4.78, 5) is 28.1. The monoisotopic (exact) mass is 388 g/mol. The van der Waals surface area contributed by atoms with Gasteiger partial charge in [-0.1, -0.05) is 55.7 Å². The number of amides is 1. The molecule has 1 heterocycles. The molecule has 0 unspecified atom stereocenters. The van der Waals surface area contributed by atoms with Crippen molar-refractivity contribution in [2.24, 2.45) is 5.92 Å². The lowest BCUT2D eigenvalue weighted by Crippen LogP contribution is -2.33. The van der Waals surface area contributed by atoms with Crippen molar-refractivity contribution in [1.29, 1.82) is 0 Å². The molecule has 4 heteroatoms. The summed E-state index contributed by atoms with van der Waals surface area (Å²) < 4.78 is 1.94. The maximum atomic E-state index is 13.2. The van der Waals surface area contributed by atoms with Crippen LogP contribution in [0.3, 0.4) is 0 Å². The molecule has 3 aromatic rings. The van der Waals surface area contributed by atoms with Gasteiger partial charge in [0.1, 0.15) is 6.54 Å². The number of fused-ring (bicyclic) bond motifs is 1. The highest BCUT2D eigenvalue weighted by atomic mass is 16.2. The number of Topliss-reactive ketones (excluding diaryl/α,β-unsaturated/α-hetero) is 1. The highest BCUT2D eigenvalue weighted by Crippen LogP contribution is 2.31. The predicted octanol–water partition coefficient (Wildman–Crippen LogP) is 5.46. The molecule has 0 atom stereocenters. The molecule has 1 fully saturated rings. The van der Waals surface area contributed by atoms with E-state index in [0.29, 0.717) is 6.54 Å². The molecule has 29 heavy (non-hydrogen) atoms. The molecule has 1 aliphatic carbocycles. The lowest BCUT2D eigenvalue weighted by Gasteiger charge is -2.21. The number of carbonyl (C=O) groups is 2. The largest absolute Gasteiger partial charge is 0.337 e. The zero-order valence-electron chi connectivity index (χ0n) is 17.0. The number of nitrogens with zero attached hydrogens (tertiary/aromatic N) is 2. The first-order valence-corrected chi connectivity index (χ1v) is 10.7. The zero-order valence-corrected chi connectivity index (χ0v) is 17.0. The molecular weight excluding hydrogens is 360 g/mol. The summed E-state index contributed by atoms with van der Waals surface area (Å²) in [7, 11) is 0. The van der Waals surface area contributed by atoms with Crippen molar-refractivity contribution in [3.8, 4) is 0 Å². The van der Waals surface area contributed by atoms with Crippen molar-refractivity contribution in [2.45, 2.75) is 45.6 Å². The molecule has 0 aliphatic heterocycles. The van der Waals surface area contributed by atoms with Gasteiger partial charge in [0.15, 0.2) is 5.78 Å². The number of rotatable bonds is 6. The molecule has 2 aromatic carbocycles. The quantitative estimate of drug-likeness (QED) is 0.526. The first kappa shape index (κ1) is 19.4. The van der Waals surface area contributed by atoms with Crippen molar-refractivity contribution < 1.29 is 9.59 Å². The fourth-order valence-electron chi connectivity index (χ4n) is 4.50. The fourth-order valence-corrected chi connectivity index (χ4v) is 4.50. The summed E-state index contributed by atoms with van der Waals surface area (Å²) in [5, 5.41) is 0.957. The molecule has 4 nitrogen and oxygen atoms in total. The average molecular weight is 389 g/mol. The maximum Gasteiger partial charge on any atom is 0.246 e. The summed E-state index contributed by atoms with van der Waals surface area (Å²) in [5.74, 6) is 0.383. The standard InChI is InChI=1S/C25H28N2O2/c1-2-27(20-13-7-4-8-14-20)24(28)18-26-17-22(21-15-9-10-16-23(21)26)25(29)19-11-5-3-6-12-19/h4,7-10,13-17,19H,2-3,5-6,11-12,18H2,1H3. The molecule has 1 aliphatic rings. The normalized spacial score (nSPS) is 14.8. The lowest BCUT2D eigenvalue weighted by molar-refractivity contribution is -0.119. The topological polar surface area (TPSA) is 42.3 Å². The van der Waals surface area contributed by atoms with Crippen molar-refractivity contribution >= 4 is 28.3 Å². The number of para-hydroxylation sites is 2. The number of hydrogen-bond acceptors (Lipinski definition) is 2. The zero-order chi connectivity index (χ0) is 20.2. The number of ketones is 1. The SMILES string of the molecule is CCN(C(=O)Cn1cc(C(=O)C2CCCCC2)c2ccccc21)c1ccccc1. The number of benzene rings is 2. The van der Waals surface area contributed by atoms with E-state index in [9.17, 15) is 9.59 Å². The van der Waals surface area contributed by atoms with E-state index in [1.165, 1.54) is 6.42 Å². The van der Waals surface area contributed by atoms with Crippen LogP contribution in [0, 0.1) is 5.92 Å². The Labute approximate surface area is 172 Å². The van der Waals surface area contributed by atoms with Crippen molar-refractivity contribution in [2.75, 3.05) is 11.4 Å². The summed E-state index contributed by atoms with van der Waals surface area (Å²) in [6.07, 6.45) is 7.36. The van der Waals surface area contributed by atoms with Crippen LogP contribution in [-0.2, 0) is 11.3 Å². The Morgan fingerprint density at radius 3 is 2.38 bits per heavy atom. The first-order valence-electron chi connectivity index (χ1n) is 10.7. The van der Waals surface area contributed by atoms with Gasteiger partial charge in [0.2, 0.25) is 5.91 Å². The van der Waals surface area contributed by atoms with Crippen LogP contribution in [0.2, 0.25) is 0 Å². The molecule has 0 radical (unpaired) electrons. The molecule has 4 rings (SSSR count). The number of anilines is 1. The Morgan fingerprint density at radius 2 is 1.66 bits per heavy atom. The predicted molar refractivity (Wildman–Crippen MR) is 117 cm³/mol. The van der Waals surface area contributed by atoms with Gasteiger partial charge >= 0.3 is 0 Å². The van der Waals surface area contributed by atoms with Gasteiger partial charge in [0.25, 0.3) is 0 Å². The molecule has 0 spiro atoms. The molecule has 150 valence electrons. The van der Waals surface area contributed by atoms with Gasteiger partial charge in [-0.2, -0.15) is 0 Å². The molecule has 1 aromatic heterocycles. The van der Waals surface area contributed by atoms with Gasteiger partial charge in [-0.15, -0.1) is 0 Å². The minimum atomic E-state index is 0.0242. The number of carbonyl (C=O) groups excluding carboxylic acids is 2. The molecule has 0 saturated heterocycles. The number of hydrogen-bond donors (Lipinski definition) is 0. The van der Waals surface area contributed by atoms with E-state index in [1.807, 2.05) is 72.3 Å². The van der Waals surface area contributed by atoms with Crippen LogP contribution in [0.4, 0.5) is 5.69 Å². The Bertz CT molecular complexity index is 1000. The minimum Gasteiger partial charge on any atom is -0.337 e. The van der Waals surface area contributed by atoms with Gasteiger partial charge in [-0.25, -0.2) is 0 Å². The highest BCUT2D eigenvalue weighted by Gasteiger charge is 2.26. The van der Waals surface area contributed by atoms with Gasteiger partial charge in [-0.05, 0) is 38.0 Å². The Kier molecular flexibility index (Phi) is 5.79. The van der Waals surface area contributed by atoms with Crippen LogP contribution in [0.5, 0.6) is 0 Å². The number of aromatic nitrogens is 1. The Balaban J connectivity index is 1.64. The van der Waals surface area contributed by atoms with E-state index in [2.05, 4.69) is 0 Å². The van der Waals surface area contributed by atoms with Crippen LogP contribution < -0.4 is 4.90 Å². The molecule has 1 saturated carbocycles. The fraction of sp³-hybridized carbons (Fsp3) is 0.360. The Hall–Kier alpha value is -2.88. The molecular formula is C25H28N2O2. The molecule has 0 N–H and O–H groups in total. The van der Waals surface area contributed by atoms with Gasteiger partial charge in [0, 0.05) is 40.8 Å². The summed E-state index contributed by atoms with van der Waals surface area (Å²) in [6.45, 7) is 2.81. The second-order valence-electron chi connectivity index (χ2n) is 7.86. The summed E-state index contributed by atoms with van der Waals surface area (Å²) >= 11 is 0. The van der Waals surface area contributed by atoms with Crippen LogP contribution >= 0.6 is 0 Å². The van der Waals surface area contributed by atoms with E-state index >= 15 is 0 Å². The third-order valence-corrected chi connectivity index (χ3v) is 6.02. The third kappa shape index (κ3) is 3.98. The number of likely N-dealkylation sites (N-methyl/N-ethyl adjacent to an activating group) is 1. The van der Waals surface area contributed by atoms with Crippen molar-refractivity contribution in [3.05, 3.63) is 66.4 Å². The average Bonchev–Trinajstić information content (AvgIpc) is 3.13. The summed E-state index contributed by atoms with van der Waals surface area (Å²) in [6, 6.07) is 17.7. The second-order valence-corrected chi connectivity index (χ2v) is 7.86. The summed E-state index contributed by atoms with van der Waals surface area (Å²) in [5.41, 5.74) is 2.61. The van der Waals surface area contributed by atoms with Gasteiger partial charge in [-0.3, -0.25) is 9.59 Å². The van der Waals surface area contributed by atoms with E-state index in [4.69, 9.17) is 0 Å². The highest BCUT2D eigenvalue weighted by molar-refractivity contribution is 6.09. The van der Waals surface area contributed by atoms with E-state index in [-0.39, 0.29) is 24.2 Å². The van der Waals surface area contributed by atoms with Crippen molar-refractivity contribution in [3.63, 3.8) is 0 Å². The van der Waals surface area contributed by atoms with E-state index in [1.54, 1.807) is 4.90 Å². The smallest absolute Gasteiger partial charge is 0.246 e. The second kappa shape index (κ2) is 8.64. The van der Waals surface area contributed by atoms with Crippen LogP contribution in [0.1, 0.15) is 49.4 Å². The molecule has 1 amide bonds. The first-order chi connectivity index (χ1) is 14.2. The van der Waals surface area contributed by atoms with E-state index in [0.717, 1.165) is 47.8 Å².